The van der Waals surface area contributed by atoms with Crippen LogP contribution in [0.5, 0.6) is 5.75 Å². The van der Waals surface area contributed by atoms with Gasteiger partial charge in [0, 0.05) is 0 Å². The molecule has 3 aromatic carbocycles. The molecule has 4 heterocycles. The van der Waals surface area contributed by atoms with Gasteiger partial charge in [0.05, 0.1) is 19.0 Å². The molecule has 4 aliphatic heterocycles. The van der Waals surface area contributed by atoms with Gasteiger partial charge in [-0.05, 0) is 40.1 Å². The van der Waals surface area contributed by atoms with Crippen molar-refractivity contribution in [3.63, 3.8) is 0 Å². The molecule has 4 fully saturated rings. The van der Waals surface area contributed by atoms with E-state index in [2.05, 4.69) is 65.8 Å². The lowest BCUT2D eigenvalue weighted by atomic mass is 9.74. The highest BCUT2D eigenvalue weighted by molar-refractivity contribution is 6.05. The third-order valence-corrected chi connectivity index (χ3v) is 7.25. The summed E-state index contributed by atoms with van der Waals surface area (Å²) in [5.41, 5.74) is 3.53. The first-order chi connectivity index (χ1) is 15.7. The summed E-state index contributed by atoms with van der Waals surface area (Å²) >= 11 is 0. The molecular weight excluding hydrogens is 398 g/mol. The van der Waals surface area contributed by atoms with Crippen molar-refractivity contribution < 1.29 is 19.4 Å². The summed E-state index contributed by atoms with van der Waals surface area (Å²) < 4.78 is 5.34. The van der Waals surface area contributed by atoms with Crippen LogP contribution in [0.1, 0.15) is 11.1 Å². The van der Waals surface area contributed by atoms with E-state index in [9.17, 15) is 0 Å². The molecule has 0 saturated carbocycles. The molecule has 7 rings (SSSR count). The molecule has 0 atom stereocenters. The minimum atomic E-state index is 0.105. The minimum Gasteiger partial charge on any atom is -0.497 e. The van der Waals surface area contributed by atoms with E-state index < -0.39 is 0 Å². The molecule has 0 spiro atoms. The lowest BCUT2D eigenvalue weighted by Crippen LogP contribution is -3.56. The molecule has 4 aliphatic rings. The van der Waals surface area contributed by atoms with Gasteiger partial charge >= 0.3 is 0 Å². The van der Waals surface area contributed by atoms with Crippen LogP contribution in [0.3, 0.4) is 0 Å². The van der Waals surface area contributed by atoms with Gasteiger partial charge < -0.3 is 4.74 Å². The fourth-order valence-corrected chi connectivity index (χ4v) is 6.17. The third kappa shape index (κ3) is 3.50. The molecular formula is C26H30N5O+3. The lowest BCUT2D eigenvalue weighted by molar-refractivity contribution is -1.30. The monoisotopic (exact) mass is 428 g/mol. The third-order valence-electron chi connectivity index (χ3n) is 7.25. The number of benzene rings is 3. The standard InChI is InChI=1S/C26H27N5O/c1-32-24-10-9-22-11-20(7-8-23(22)12-24)13-27-28-25(21-5-3-2-4-6-21)26-14-29-17-30(15-26)19-31(16-26)18-29/h2-13H,14-19H2,1H3/p+3/b27-13-,28-25+. The number of hydrogen-bond donors (Lipinski definition) is 3. The zero-order chi connectivity index (χ0) is 21.5. The van der Waals surface area contributed by atoms with Gasteiger partial charge in [0.1, 0.15) is 25.4 Å². The molecule has 3 aromatic rings. The summed E-state index contributed by atoms with van der Waals surface area (Å²) in [6.07, 6.45) is 1.89. The first-order valence-corrected chi connectivity index (χ1v) is 11.5. The van der Waals surface area contributed by atoms with E-state index in [1.807, 2.05) is 12.3 Å². The molecule has 3 N–H and O–H groups in total. The molecule has 162 valence electrons. The van der Waals surface area contributed by atoms with Gasteiger partial charge in [-0.1, -0.05) is 48.5 Å². The first-order valence-electron chi connectivity index (χ1n) is 11.5. The summed E-state index contributed by atoms with van der Waals surface area (Å²) in [4.78, 5) is 5.11. The van der Waals surface area contributed by atoms with E-state index in [4.69, 9.17) is 9.84 Å². The van der Waals surface area contributed by atoms with Crippen molar-refractivity contribution in [1.29, 1.82) is 0 Å². The van der Waals surface area contributed by atoms with Crippen molar-refractivity contribution in [3.8, 4) is 5.75 Å². The van der Waals surface area contributed by atoms with Crippen LogP contribution in [0.25, 0.3) is 10.8 Å². The predicted octanol–water partition coefficient (Wildman–Crippen LogP) is -0.774. The highest BCUT2D eigenvalue weighted by Gasteiger charge is 2.60. The number of nitrogens with one attached hydrogen (secondary N) is 3. The van der Waals surface area contributed by atoms with Gasteiger partial charge in [0.25, 0.3) is 0 Å². The maximum absolute atomic E-state index is 5.34. The highest BCUT2D eigenvalue weighted by atomic mass is 16.5. The Bertz CT molecular complexity index is 1170. The van der Waals surface area contributed by atoms with E-state index in [0.29, 0.717) is 0 Å². The second-order valence-electron chi connectivity index (χ2n) is 9.62. The predicted molar refractivity (Wildman–Crippen MR) is 126 cm³/mol. The zero-order valence-electron chi connectivity index (χ0n) is 18.5. The average molecular weight is 429 g/mol. The summed E-state index contributed by atoms with van der Waals surface area (Å²) in [5.74, 6) is 0.875. The van der Waals surface area contributed by atoms with Crippen molar-refractivity contribution in [2.45, 2.75) is 0 Å². The van der Waals surface area contributed by atoms with E-state index in [1.165, 1.54) is 50.6 Å². The Hall–Kier alpha value is -3.06. The molecule has 0 aliphatic carbocycles. The summed E-state index contributed by atoms with van der Waals surface area (Å²) in [5, 5.41) is 11.9. The summed E-state index contributed by atoms with van der Waals surface area (Å²) in [7, 11) is 1.70. The Morgan fingerprint density at radius 1 is 0.844 bits per heavy atom. The molecule has 0 amide bonds. The Morgan fingerprint density at radius 3 is 2.19 bits per heavy atom. The topological polar surface area (TPSA) is 47.3 Å². The molecule has 4 saturated heterocycles. The van der Waals surface area contributed by atoms with Crippen molar-refractivity contribution in [3.05, 3.63) is 77.9 Å². The van der Waals surface area contributed by atoms with Gasteiger partial charge in [-0.3, -0.25) is 0 Å². The number of hydrogen-bond acceptors (Lipinski definition) is 3. The van der Waals surface area contributed by atoms with Crippen LogP contribution >= 0.6 is 0 Å². The number of fused-ring (bicyclic) bond motifs is 1. The van der Waals surface area contributed by atoms with Crippen LogP contribution in [-0.4, -0.2) is 58.7 Å². The van der Waals surface area contributed by atoms with Crippen LogP contribution in [-0.2, 0) is 0 Å². The zero-order valence-corrected chi connectivity index (χ0v) is 18.5. The van der Waals surface area contributed by atoms with Crippen LogP contribution < -0.4 is 19.4 Å². The SMILES string of the molecule is COc1ccc2cc(/C=N\N=C(/c3ccccc3)C34C[NH+]5C[NH+](C[NH+](C5)C3)C4)ccc2c1. The van der Waals surface area contributed by atoms with Crippen LogP contribution in [0, 0.1) is 5.41 Å². The molecule has 0 unspecified atom stereocenters. The maximum Gasteiger partial charge on any atom is 0.213 e. The van der Waals surface area contributed by atoms with Crippen LogP contribution in [0.2, 0.25) is 0 Å². The molecule has 4 bridgehead atoms. The van der Waals surface area contributed by atoms with E-state index in [0.717, 1.165) is 22.4 Å². The number of ether oxygens (including phenoxy) is 1. The van der Waals surface area contributed by atoms with Crippen molar-refractivity contribution in [2.75, 3.05) is 46.8 Å². The number of quaternary nitrogens is 3. The maximum atomic E-state index is 5.34. The summed E-state index contributed by atoms with van der Waals surface area (Å²) in [6, 6.07) is 23.2. The lowest BCUT2D eigenvalue weighted by Gasteiger charge is -2.52. The quantitative estimate of drug-likeness (QED) is 0.363. The number of rotatable bonds is 5. The molecule has 6 nitrogen and oxygen atoms in total. The molecule has 32 heavy (non-hydrogen) atoms. The highest BCUT2D eigenvalue weighted by Crippen LogP contribution is 2.24. The smallest absolute Gasteiger partial charge is 0.213 e. The Balaban J connectivity index is 1.34. The second-order valence-corrected chi connectivity index (χ2v) is 9.62. The largest absolute Gasteiger partial charge is 0.497 e. The van der Waals surface area contributed by atoms with Crippen molar-refractivity contribution >= 4 is 22.7 Å². The van der Waals surface area contributed by atoms with E-state index in [-0.39, 0.29) is 5.41 Å². The Morgan fingerprint density at radius 2 is 1.50 bits per heavy atom. The normalized spacial score (nSPS) is 29.2. The van der Waals surface area contributed by atoms with Crippen molar-refractivity contribution in [1.82, 2.24) is 0 Å². The van der Waals surface area contributed by atoms with Gasteiger partial charge in [-0.25, -0.2) is 14.7 Å². The minimum absolute atomic E-state index is 0.105. The van der Waals surface area contributed by atoms with Crippen LogP contribution in [0.15, 0.2) is 76.9 Å². The molecule has 0 radical (unpaired) electrons. The number of methoxy groups -OCH3 is 1. The Kier molecular flexibility index (Phi) is 4.79. The number of nitrogens with zero attached hydrogens (tertiary/aromatic N) is 2. The van der Waals surface area contributed by atoms with Crippen LogP contribution in [0.4, 0.5) is 0 Å². The molecule has 6 heteroatoms. The average Bonchev–Trinajstić information content (AvgIpc) is 2.81. The van der Waals surface area contributed by atoms with Gasteiger partial charge in [-0.15, -0.1) is 0 Å². The van der Waals surface area contributed by atoms with Crippen molar-refractivity contribution in [2.24, 2.45) is 15.6 Å². The fraction of sp³-hybridized carbons (Fsp3) is 0.308. The first kappa shape index (κ1) is 19.6. The fourth-order valence-electron chi connectivity index (χ4n) is 6.17. The molecule has 0 aromatic heterocycles. The van der Waals surface area contributed by atoms with E-state index >= 15 is 0 Å². The van der Waals surface area contributed by atoms with Gasteiger partial charge in [0.2, 0.25) is 20.0 Å². The summed E-state index contributed by atoms with van der Waals surface area (Å²) in [6.45, 7) is 7.25. The second kappa shape index (κ2) is 7.81. The van der Waals surface area contributed by atoms with Gasteiger partial charge in [0.15, 0.2) is 5.41 Å². The Labute approximate surface area is 188 Å². The van der Waals surface area contributed by atoms with Gasteiger partial charge in [-0.2, -0.15) is 10.2 Å². The van der Waals surface area contributed by atoms with E-state index in [1.54, 1.807) is 21.8 Å².